The number of hydrogen-bond acceptors (Lipinski definition) is 3. The average molecular weight is 470 g/mol. The van der Waals surface area contributed by atoms with E-state index in [0.717, 1.165) is 18.8 Å². The fraction of sp³-hybridized carbons (Fsp3) is 0.368. The van der Waals surface area contributed by atoms with E-state index in [1.807, 2.05) is 6.07 Å². The minimum atomic E-state index is -0.217. The largest absolute Gasteiger partial charge is 0.459 e. The Hall–Kier alpha value is -2.03. The van der Waals surface area contributed by atoms with Crippen LogP contribution in [0.4, 0.5) is 0 Å². The standard InChI is InChI=1S/C19H26N4O2.HI/c1-15(10-11-16-7-4-3-5-8-16)23-19(20-2)22-13-12-21-18(24)17-9-6-14-25-17;/h3-9,14-15H,10-13H2,1-2H3,(H,21,24)(H2,20,22,23);1H. The molecule has 0 spiro atoms. The quantitative estimate of drug-likeness (QED) is 0.240. The molecule has 2 rings (SSSR count). The second-order valence-corrected chi connectivity index (χ2v) is 5.80. The Morgan fingerprint density at radius 3 is 2.50 bits per heavy atom. The first-order valence-electron chi connectivity index (χ1n) is 8.52. The minimum Gasteiger partial charge on any atom is -0.459 e. The Morgan fingerprint density at radius 1 is 1.12 bits per heavy atom. The lowest BCUT2D eigenvalue weighted by molar-refractivity contribution is 0.0926. The van der Waals surface area contributed by atoms with Crippen LogP contribution in [0.25, 0.3) is 0 Å². The third-order valence-electron chi connectivity index (χ3n) is 3.76. The van der Waals surface area contributed by atoms with E-state index in [-0.39, 0.29) is 29.9 Å². The Bertz CT molecular complexity index is 659. The van der Waals surface area contributed by atoms with Crippen molar-refractivity contribution in [1.29, 1.82) is 0 Å². The molecule has 26 heavy (non-hydrogen) atoms. The number of aryl methyl sites for hydroxylation is 1. The molecule has 6 nitrogen and oxygen atoms in total. The normalized spacial score (nSPS) is 12.0. The third-order valence-corrected chi connectivity index (χ3v) is 3.76. The fourth-order valence-corrected chi connectivity index (χ4v) is 2.38. The lowest BCUT2D eigenvalue weighted by Crippen LogP contribution is -2.45. The Morgan fingerprint density at radius 2 is 1.85 bits per heavy atom. The van der Waals surface area contributed by atoms with Crippen LogP contribution in [0.15, 0.2) is 58.1 Å². The second-order valence-electron chi connectivity index (χ2n) is 5.80. The van der Waals surface area contributed by atoms with Crippen molar-refractivity contribution < 1.29 is 9.21 Å². The first kappa shape index (κ1) is 22.0. The molecule has 0 aliphatic carbocycles. The number of guanidine groups is 1. The van der Waals surface area contributed by atoms with E-state index < -0.39 is 0 Å². The monoisotopic (exact) mass is 470 g/mol. The molecule has 1 atom stereocenters. The van der Waals surface area contributed by atoms with Gasteiger partial charge in [-0.1, -0.05) is 30.3 Å². The Balaban J connectivity index is 0.00000338. The van der Waals surface area contributed by atoms with E-state index in [4.69, 9.17) is 4.42 Å². The molecular weight excluding hydrogens is 443 g/mol. The van der Waals surface area contributed by atoms with Crippen molar-refractivity contribution in [3.63, 3.8) is 0 Å². The smallest absolute Gasteiger partial charge is 0.287 e. The molecule has 1 aromatic carbocycles. The van der Waals surface area contributed by atoms with Crippen LogP contribution in [0.5, 0.6) is 0 Å². The van der Waals surface area contributed by atoms with E-state index in [0.29, 0.717) is 24.9 Å². The number of nitrogens with zero attached hydrogens (tertiary/aromatic N) is 1. The van der Waals surface area contributed by atoms with Gasteiger partial charge in [0.1, 0.15) is 0 Å². The number of rotatable bonds is 8. The van der Waals surface area contributed by atoms with Gasteiger partial charge >= 0.3 is 0 Å². The molecule has 0 saturated heterocycles. The van der Waals surface area contributed by atoms with Gasteiger partial charge in [0.25, 0.3) is 5.91 Å². The summed E-state index contributed by atoms with van der Waals surface area (Å²) in [5, 5.41) is 9.34. The maximum Gasteiger partial charge on any atom is 0.287 e. The molecule has 7 heteroatoms. The summed E-state index contributed by atoms with van der Waals surface area (Å²) in [6.07, 6.45) is 3.51. The van der Waals surface area contributed by atoms with E-state index >= 15 is 0 Å². The molecule has 0 fully saturated rings. The molecule has 1 heterocycles. The Kier molecular flexibility index (Phi) is 10.5. The number of amides is 1. The van der Waals surface area contributed by atoms with Crippen molar-refractivity contribution in [2.75, 3.05) is 20.1 Å². The highest BCUT2D eigenvalue weighted by Gasteiger charge is 2.08. The average Bonchev–Trinajstić information content (AvgIpc) is 3.18. The maximum absolute atomic E-state index is 11.7. The molecule has 1 aromatic heterocycles. The molecule has 2 aromatic rings. The van der Waals surface area contributed by atoms with E-state index in [1.54, 1.807) is 19.2 Å². The van der Waals surface area contributed by atoms with Crippen molar-refractivity contribution in [3.8, 4) is 0 Å². The SMILES string of the molecule is CN=C(NCCNC(=O)c1ccco1)NC(C)CCc1ccccc1.I. The van der Waals surface area contributed by atoms with Gasteiger partial charge in [-0.05, 0) is 37.5 Å². The zero-order chi connectivity index (χ0) is 17.9. The molecule has 1 amide bonds. The van der Waals surface area contributed by atoms with E-state index in [9.17, 15) is 4.79 Å². The highest BCUT2D eigenvalue weighted by atomic mass is 127. The van der Waals surface area contributed by atoms with E-state index in [2.05, 4.69) is 52.1 Å². The Labute approximate surface area is 171 Å². The summed E-state index contributed by atoms with van der Waals surface area (Å²) < 4.78 is 5.04. The van der Waals surface area contributed by atoms with Gasteiger partial charge in [0.2, 0.25) is 0 Å². The van der Waals surface area contributed by atoms with Crippen LogP contribution in [0.1, 0.15) is 29.5 Å². The van der Waals surface area contributed by atoms with Crippen LogP contribution in [-0.4, -0.2) is 38.0 Å². The lowest BCUT2D eigenvalue weighted by Gasteiger charge is -2.18. The number of carbonyl (C=O) groups excluding carboxylic acids is 1. The summed E-state index contributed by atoms with van der Waals surface area (Å²) in [6.45, 7) is 3.20. The highest BCUT2D eigenvalue weighted by molar-refractivity contribution is 14.0. The van der Waals surface area contributed by atoms with Gasteiger partial charge in [-0.2, -0.15) is 0 Å². The van der Waals surface area contributed by atoms with Gasteiger partial charge < -0.3 is 20.4 Å². The van der Waals surface area contributed by atoms with Crippen molar-refractivity contribution in [2.24, 2.45) is 4.99 Å². The van der Waals surface area contributed by atoms with Crippen molar-refractivity contribution >= 4 is 35.8 Å². The van der Waals surface area contributed by atoms with Crippen LogP contribution in [0, 0.1) is 0 Å². The van der Waals surface area contributed by atoms with Crippen LogP contribution >= 0.6 is 24.0 Å². The summed E-state index contributed by atoms with van der Waals surface area (Å²) in [5.41, 5.74) is 1.33. The number of aliphatic imine (C=N–C) groups is 1. The molecule has 0 aliphatic heterocycles. The topological polar surface area (TPSA) is 78.7 Å². The molecule has 0 bridgehead atoms. The van der Waals surface area contributed by atoms with Crippen LogP contribution < -0.4 is 16.0 Å². The minimum absolute atomic E-state index is 0. The van der Waals surface area contributed by atoms with Gasteiger partial charge in [0.05, 0.1) is 6.26 Å². The van der Waals surface area contributed by atoms with Gasteiger partial charge in [0, 0.05) is 26.2 Å². The predicted molar refractivity (Wildman–Crippen MR) is 115 cm³/mol. The predicted octanol–water partition coefficient (Wildman–Crippen LogP) is 2.81. The zero-order valence-electron chi connectivity index (χ0n) is 15.2. The van der Waals surface area contributed by atoms with E-state index in [1.165, 1.54) is 11.8 Å². The summed E-state index contributed by atoms with van der Waals surface area (Å²) in [5.74, 6) is 0.829. The maximum atomic E-state index is 11.7. The van der Waals surface area contributed by atoms with Gasteiger partial charge in [-0.3, -0.25) is 9.79 Å². The van der Waals surface area contributed by atoms with Gasteiger partial charge in [0.15, 0.2) is 11.7 Å². The number of halogens is 1. The number of nitrogens with one attached hydrogen (secondary N) is 3. The van der Waals surface area contributed by atoms with Crippen molar-refractivity contribution in [1.82, 2.24) is 16.0 Å². The molecule has 3 N–H and O–H groups in total. The summed E-state index contributed by atoms with van der Waals surface area (Å²) in [7, 11) is 1.74. The number of benzene rings is 1. The molecule has 0 radical (unpaired) electrons. The van der Waals surface area contributed by atoms with Crippen LogP contribution in [0.3, 0.4) is 0 Å². The van der Waals surface area contributed by atoms with Crippen molar-refractivity contribution in [3.05, 3.63) is 60.1 Å². The molecule has 0 saturated carbocycles. The summed E-state index contributed by atoms with van der Waals surface area (Å²) in [4.78, 5) is 16.0. The summed E-state index contributed by atoms with van der Waals surface area (Å²) >= 11 is 0. The fourth-order valence-electron chi connectivity index (χ4n) is 2.38. The van der Waals surface area contributed by atoms with Crippen LogP contribution in [0.2, 0.25) is 0 Å². The zero-order valence-corrected chi connectivity index (χ0v) is 17.5. The molecule has 142 valence electrons. The molecule has 1 unspecified atom stereocenters. The third kappa shape index (κ3) is 7.90. The molecule has 0 aliphatic rings. The first-order valence-corrected chi connectivity index (χ1v) is 8.52. The molecular formula is C19H27IN4O2. The highest BCUT2D eigenvalue weighted by Crippen LogP contribution is 2.04. The van der Waals surface area contributed by atoms with Gasteiger partial charge in [-0.25, -0.2) is 0 Å². The first-order chi connectivity index (χ1) is 12.2. The number of hydrogen-bond donors (Lipinski definition) is 3. The van der Waals surface area contributed by atoms with Gasteiger partial charge in [-0.15, -0.1) is 24.0 Å². The lowest BCUT2D eigenvalue weighted by atomic mass is 10.1. The number of furan rings is 1. The summed E-state index contributed by atoms with van der Waals surface area (Å²) in [6, 6.07) is 14.1. The second kappa shape index (κ2) is 12.3. The van der Waals surface area contributed by atoms with Crippen molar-refractivity contribution in [2.45, 2.75) is 25.8 Å². The number of carbonyl (C=O) groups is 1. The van der Waals surface area contributed by atoms with Crippen LogP contribution in [-0.2, 0) is 6.42 Å².